The van der Waals surface area contributed by atoms with Crippen LogP contribution in [0.1, 0.15) is 18.9 Å². The molecule has 0 atom stereocenters. The van der Waals surface area contributed by atoms with Crippen LogP contribution in [0.5, 0.6) is 0 Å². The molecule has 1 aromatic rings. The van der Waals surface area contributed by atoms with Crippen LogP contribution in [0, 0.1) is 0 Å². The molecule has 2 rings (SSSR count). The van der Waals surface area contributed by atoms with E-state index >= 15 is 0 Å². The van der Waals surface area contributed by atoms with Crippen molar-refractivity contribution in [3.63, 3.8) is 0 Å². The predicted octanol–water partition coefficient (Wildman–Crippen LogP) is 2.46. The zero-order valence-corrected chi connectivity index (χ0v) is 13.8. The fourth-order valence-corrected chi connectivity index (χ4v) is 3.06. The highest BCUT2D eigenvalue weighted by atomic mass is 32.2. The quantitative estimate of drug-likeness (QED) is 0.621. The Kier molecular flexibility index (Phi) is 5.05. The summed E-state index contributed by atoms with van der Waals surface area (Å²) < 4.78 is 26.4. The average molecular weight is 332 g/mol. The molecule has 0 saturated heterocycles. The Morgan fingerprint density at radius 1 is 1.30 bits per heavy atom. The Morgan fingerprint density at radius 3 is 2.57 bits per heavy atom. The number of sulfonamides is 1. The molecule has 0 spiro atoms. The maximum absolute atomic E-state index is 11.9. The van der Waals surface area contributed by atoms with E-state index in [1.807, 2.05) is 24.3 Å². The summed E-state index contributed by atoms with van der Waals surface area (Å²) >= 11 is 0. The normalized spacial score (nSPS) is 15.9. The maximum Gasteiger partial charge on any atom is 0.244 e. The van der Waals surface area contributed by atoms with Crippen LogP contribution in [-0.4, -0.2) is 20.1 Å². The van der Waals surface area contributed by atoms with E-state index in [9.17, 15) is 13.2 Å². The summed E-state index contributed by atoms with van der Waals surface area (Å²) in [5.41, 5.74) is 0.186. The van der Waals surface area contributed by atoms with Gasteiger partial charge in [0.2, 0.25) is 15.9 Å². The highest BCUT2D eigenvalue weighted by molar-refractivity contribution is 7.92. The second kappa shape index (κ2) is 6.83. The van der Waals surface area contributed by atoms with Crippen LogP contribution in [-0.2, 0) is 20.4 Å². The molecule has 0 aromatic heterocycles. The molecule has 0 fully saturated rings. The summed E-state index contributed by atoms with van der Waals surface area (Å²) in [5.74, 6) is -0.367. The third-order valence-electron chi connectivity index (χ3n) is 3.57. The summed E-state index contributed by atoms with van der Waals surface area (Å²) in [4.78, 5) is 11.9. The number of para-hydroxylation sites is 1. The smallest absolute Gasteiger partial charge is 0.244 e. The van der Waals surface area contributed by atoms with Crippen molar-refractivity contribution >= 4 is 21.6 Å². The minimum atomic E-state index is -3.43. The number of allylic oxidation sites excluding steroid dienone is 2. The number of benzene rings is 1. The van der Waals surface area contributed by atoms with Gasteiger partial charge in [-0.05, 0) is 25.5 Å². The van der Waals surface area contributed by atoms with Gasteiger partial charge in [-0.25, -0.2) is 8.42 Å². The van der Waals surface area contributed by atoms with Crippen LogP contribution in [0.2, 0.25) is 0 Å². The van der Waals surface area contributed by atoms with Crippen molar-refractivity contribution in [3.8, 4) is 0 Å². The van der Waals surface area contributed by atoms with E-state index in [0.29, 0.717) is 11.3 Å². The minimum Gasteiger partial charge on any atom is -0.336 e. The summed E-state index contributed by atoms with van der Waals surface area (Å²) in [7, 11) is -3.43. The molecule has 6 heteroatoms. The third kappa shape index (κ3) is 3.90. The van der Waals surface area contributed by atoms with Crippen LogP contribution in [0.4, 0.5) is 5.69 Å². The molecule has 0 saturated carbocycles. The second-order valence-electron chi connectivity index (χ2n) is 5.15. The number of hydrogen-bond donors (Lipinski definition) is 2. The fourth-order valence-electron chi connectivity index (χ4n) is 2.40. The second-order valence-corrected chi connectivity index (χ2v) is 7.16. The zero-order valence-electron chi connectivity index (χ0n) is 13.0. The Morgan fingerprint density at radius 2 is 1.96 bits per heavy atom. The van der Waals surface area contributed by atoms with Crippen molar-refractivity contribution in [2.45, 2.75) is 18.9 Å². The standard InChI is InChI=1S/C17H20N2O3S/c1-3-16(20)18-17(12-8-5-9-13-17)14-10-6-7-11-15(14)19-23(21,22)4-2/h3,6-13,19H,1,4-5H2,2H3,(H,18,20). The van der Waals surface area contributed by atoms with Crippen molar-refractivity contribution in [2.24, 2.45) is 0 Å². The molecule has 0 aliphatic heterocycles. The number of carbonyl (C=O) groups excluding carboxylic acids is 1. The van der Waals surface area contributed by atoms with E-state index in [1.165, 1.54) is 6.08 Å². The molecule has 1 aromatic carbocycles. The third-order valence-corrected chi connectivity index (χ3v) is 4.86. The largest absolute Gasteiger partial charge is 0.336 e. The lowest BCUT2D eigenvalue weighted by Crippen LogP contribution is -2.43. The molecule has 1 aliphatic carbocycles. The van der Waals surface area contributed by atoms with Gasteiger partial charge in [0.05, 0.1) is 11.4 Å². The first-order valence-corrected chi connectivity index (χ1v) is 8.97. The SMILES string of the molecule is C=CC(=O)NC1(c2ccccc2NS(=O)(=O)CC)C=CCC=C1. The van der Waals surface area contributed by atoms with Gasteiger partial charge in [0.1, 0.15) is 5.54 Å². The number of hydrogen-bond acceptors (Lipinski definition) is 3. The summed E-state index contributed by atoms with van der Waals surface area (Å²) in [6, 6.07) is 7.02. The molecule has 1 aliphatic rings. The van der Waals surface area contributed by atoms with E-state index in [1.54, 1.807) is 31.2 Å². The molecule has 0 unspecified atom stereocenters. The van der Waals surface area contributed by atoms with Gasteiger partial charge in [0.15, 0.2) is 0 Å². The lowest BCUT2D eigenvalue weighted by Gasteiger charge is -2.32. The number of anilines is 1. The van der Waals surface area contributed by atoms with Gasteiger partial charge < -0.3 is 5.32 Å². The predicted molar refractivity (Wildman–Crippen MR) is 92.4 cm³/mol. The van der Waals surface area contributed by atoms with E-state index < -0.39 is 15.6 Å². The van der Waals surface area contributed by atoms with Gasteiger partial charge >= 0.3 is 0 Å². The van der Waals surface area contributed by atoms with Gasteiger partial charge in [-0.1, -0.05) is 49.1 Å². The number of carbonyl (C=O) groups is 1. The van der Waals surface area contributed by atoms with Crippen molar-refractivity contribution in [2.75, 3.05) is 10.5 Å². The van der Waals surface area contributed by atoms with Crippen molar-refractivity contribution in [3.05, 3.63) is 66.8 Å². The molecule has 122 valence electrons. The van der Waals surface area contributed by atoms with E-state index in [4.69, 9.17) is 0 Å². The molecular weight excluding hydrogens is 312 g/mol. The van der Waals surface area contributed by atoms with E-state index in [2.05, 4.69) is 16.6 Å². The summed E-state index contributed by atoms with van der Waals surface area (Å²) in [6.45, 7) is 5.04. The maximum atomic E-state index is 11.9. The van der Waals surface area contributed by atoms with Gasteiger partial charge in [-0.3, -0.25) is 9.52 Å². The highest BCUT2D eigenvalue weighted by Gasteiger charge is 2.31. The number of nitrogens with one attached hydrogen (secondary N) is 2. The Hall–Kier alpha value is -2.34. The number of rotatable bonds is 6. The fraction of sp³-hybridized carbons (Fsp3) is 0.235. The lowest BCUT2D eigenvalue weighted by atomic mass is 9.85. The lowest BCUT2D eigenvalue weighted by molar-refractivity contribution is -0.117. The zero-order chi connectivity index (χ0) is 16.9. The van der Waals surface area contributed by atoms with Crippen LogP contribution in [0.3, 0.4) is 0 Å². The van der Waals surface area contributed by atoms with Crippen LogP contribution >= 0.6 is 0 Å². The minimum absolute atomic E-state index is 0.0287. The summed E-state index contributed by atoms with van der Waals surface area (Å²) in [6.07, 6.45) is 9.51. The molecule has 5 nitrogen and oxygen atoms in total. The summed E-state index contributed by atoms with van der Waals surface area (Å²) in [5, 5.41) is 2.88. The van der Waals surface area contributed by atoms with Crippen molar-refractivity contribution < 1.29 is 13.2 Å². The average Bonchev–Trinajstić information content (AvgIpc) is 2.55. The van der Waals surface area contributed by atoms with Gasteiger partial charge in [0.25, 0.3) is 0 Å². The van der Waals surface area contributed by atoms with E-state index in [-0.39, 0.29) is 11.7 Å². The first-order valence-electron chi connectivity index (χ1n) is 7.32. The first-order chi connectivity index (χ1) is 10.9. The Labute approximate surface area is 136 Å². The Bertz CT molecular complexity index is 752. The topological polar surface area (TPSA) is 75.3 Å². The van der Waals surface area contributed by atoms with Crippen molar-refractivity contribution in [1.82, 2.24) is 5.32 Å². The van der Waals surface area contributed by atoms with Crippen molar-refractivity contribution in [1.29, 1.82) is 0 Å². The van der Waals surface area contributed by atoms with Crippen LogP contribution < -0.4 is 10.0 Å². The molecular formula is C17H20N2O3S. The van der Waals surface area contributed by atoms with Gasteiger partial charge in [-0.15, -0.1) is 0 Å². The monoisotopic (exact) mass is 332 g/mol. The van der Waals surface area contributed by atoms with E-state index in [0.717, 1.165) is 6.42 Å². The molecule has 2 N–H and O–H groups in total. The molecule has 1 amide bonds. The van der Waals surface area contributed by atoms with Crippen LogP contribution in [0.25, 0.3) is 0 Å². The number of amides is 1. The highest BCUT2D eigenvalue weighted by Crippen LogP contribution is 2.33. The molecule has 23 heavy (non-hydrogen) atoms. The van der Waals surface area contributed by atoms with Gasteiger partial charge in [-0.2, -0.15) is 0 Å². The Balaban J connectivity index is 2.54. The van der Waals surface area contributed by atoms with Gasteiger partial charge in [0, 0.05) is 5.56 Å². The van der Waals surface area contributed by atoms with Crippen LogP contribution in [0.15, 0.2) is 61.2 Å². The first kappa shape index (κ1) is 17.0. The molecule has 0 heterocycles. The molecule has 0 bridgehead atoms. The molecule has 0 radical (unpaired) electrons.